The molecule has 1 aliphatic rings. The monoisotopic (exact) mass is 483 g/mol. The van der Waals surface area contributed by atoms with Crippen molar-refractivity contribution in [3.8, 4) is 5.75 Å². The van der Waals surface area contributed by atoms with Gasteiger partial charge in [-0.05, 0) is 60.2 Å². The third-order valence-electron chi connectivity index (χ3n) is 4.37. The molecular formula is C21H16Cl2FNO5S. The Kier molecular flexibility index (Phi) is 7.25. The van der Waals surface area contributed by atoms with E-state index in [1.54, 1.807) is 12.1 Å². The number of halogens is 3. The average Bonchev–Trinajstić information content (AvgIpc) is 3.00. The van der Waals surface area contributed by atoms with E-state index in [-0.39, 0.29) is 33.1 Å². The summed E-state index contributed by atoms with van der Waals surface area (Å²) in [6, 6.07) is 7.82. The van der Waals surface area contributed by atoms with E-state index in [4.69, 9.17) is 27.9 Å². The lowest BCUT2D eigenvalue weighted by Crippen LogP contribution is -2.42. The maximum absolute atomic E-state index is 13.0. The van der Waals surface area contributed by atoms with Crippen LogP contribution in [0.15, 0.2) is 41.3 Å². The van der Waals surface area contributed by atoms with Gasteiger partial charge in [0, 0.05) is 0 Å². The number of esters is 1. The highest BCUT2D eigenvalue weighted by atomic mass is 35.5. The molecule has 0 spiro atoms. The number of hydrogen-bond acceptors (Lipinski definition) is 6. The second-order valence-electron chi connectivity index (χ2n) is 6.48. The van der Waals surface area contributed by atoms with Gasteiger partial charge in [-0.1, -0.05) is 35.3 Å². The molecule has 0 unspecified atom stereocenters. The molecule has 2 aromatic carbocycles. The quantitative estimate of drug-likeness (QED) is 0.409. The number of thioether (sulfide) groups is 1. The molecule has 3 rings (SSSR count). The fourth-order valence-corrected chi connectivity index (χ4v) is 4.30. The standard InChI is InChI=1S/C21H16Cl2FNO5S/c1-11(20(27)29-2)25-19(26)17(31-21(25)28)9-13-7-15(22)18(16(23)8-13)30-10-12-3-5-14(24)6-4-12/h3-9,11H,10H2,1-2H3/b17-9+/t11-/m0/s1. The van der Waals surface area contributed by atoms with Crippen molar-refractivity contribution in [2.24, 2.45) is 0 Å². The zero-order valence-corrected chi connectivity index (χ0v) is 18.7. The average molecular weight is 484 g/mol. The first kappa shape index (κ1) is 23.1. The van der Waals surface area contributed by atoms with Crippen LogP contribution in [0.4, 0.5) is 9.18 Å². The Labute approximate surface area is 191 Å². The van der Waals surface area contributed by atoms with Gasteiger partial charge in [0.2, 0.25) is 0 Å². The Morgan fingerprint density at radius 1 is 1.19 bits per heavy atom. The molecule has 0 saturated carbocycles. The van der Waals surface area contributed by atoms with Crippen molar-refractivity contribution in [1.82, 2.24) is 4.90 Å². The van der Waals surface area contributed by atoms with E-state index >= 15 is 0 Å². The van der Waals surface area contributed by atoms with E-state index in [1.807, 2.05) is 0 Å². The molecule has 1 atom stereocenters. The molecule has 1 aliphatic heterocycles. The molecular weight excluding hydrogens is 468 g/mol. The van der Waals surface area contributed by atoms with Crippen LogP contribution in [0.5, 0.6) is 5.75 Å². The van der Waals surface area contributed by atoms with Crippen molar-refractivity contribution in [2.45, 2.75) is 19.6 Å². The van der Waals surface area contributed by atoms with E-state index in [0.29, 0.717) is 17.3 Å². The molecule has 162 valence electrons. The third kappa shape index (κ3) is 5.20. The molecule has 0 aromatic heterocycles. The Balaban J connectivity index is 1.78. The summed E-state index contributed by atoms with van der Waals surface area (Å²) in [7, 11) is 1.18. The van der Waals surface area contributed by atoms with E-state index < -0.39 is 23.2 Å². The summed E-state index contributed by atoms with van der Waals surface area (Å²) in [6.45, 7) is 1.54. The second-order valence-corrected chi connectivity index (χ2v) is 8.29. The summed E-state index contributed by atoms with van der Waals surface area (Å²) in [6.07, 6.45) is 1.45. The van der Waals surface area contributed by atoms with Gasteiger partial charge in [0.05, 0.1) is 22.1 Å². The zero-order valence-electron chi connectivity index (χ0n) is 16.4. The lowest BCUT2D eigenvalue weighted by atomic mass is 10.2. The number of amides is 2. The predicted molar refractivity (Wildman–Crippen MR) is 116 cm³/mol. The largest absolute Gasteiger partial charge is 0.486 e. The smallest absolute Gasteiger partial charge is 0.328 e. The van der Waals surface area contributed by atoms with Gasteiger partial charge in [-0.2, -0.15) is 0 Å². The molecule has 0 aliphatic carbocycles. The summed E-state index contributed by atoms with van der Waals surface area (Å²) in [4.78, 5) is 37.4. The number of methoxy groups -OCH3 is 1. The number of benzene rings is 2. The number of carbonyl (C=O) groups excluding carboxylic acids is 3. The van der Waals surface area contributed by atoms with Crippen molar-refractivity contribution in [2.75, 3.05) is 7.11 Å². The molecule has 1 fully saturated rings. The van der Waals surface area contributed by atoms with Crippen molar-refractivity contribution in [1.29, 1.82) is 0 Å². The molecule has 0 N–H and O–H groups in total. The van der Waals surface area contributed by atoms with Crippen LogP contribution in [-0.4, -0.2) is 35.2 Å². The molecule has 0 bridgehead atoms. The van der Waals surface area contributed by atoms with E-state index in [9.17, 15) is 18.8 Å². The SMILES string of the molecule is COC(=O)[C@H](C)N1C(=O)S/C(=C/c2cc(Cl)c(OCc3ccc(F)cc3)c(Cl)c2)C1=O. The van der Waals surface area contributed by atoms with Crippen molar-refractivity contribution >= 4 is 58.2 Å². The summed E-state index contributed by atoms with van der Waals surface area (Å²) in [5.41, 5.74) is 1.20. The van der Waals surface area contributed by atoms with E-state index in [2.05, 4.69) is 4.74 Å². The molecule has 1 heterocycles. The molecule has 10 heteroatoms. The van der Waals surface area contributed by atoms with Crippen molar-refractivity contribution < 1.29 is 28.2 Å². The maximum atomic E-state index is 13.0. The van der Waals surface area contributed by atoms with Gasteiger partial charge in [-0.25, -0.2) is 9.18 Å². The molecule has 1 saturated heterocycles. The van der Waals surface area contributed by atoms with Gasteiger partial charge in [0.1, 0.15) is 18.5 Å². The number of ether oxygens (including phenoxy) is 2. The molecule has 0 radical (unpaired) electrons. The van der Waals surface area contributed by atoms with E-state index in [1.165, 1.54) is 44.4 Å². The highest BCUT2D eigenvalue weighted by Gasteiger charge is 2.41. The molecule has 2 aromatic rings. The summed E-state index contributed by atoms with van der Waals surface area (Å²) < 4.78 is 23.3. The number of rotatable bonds is 6. The summed E-state index contributed by atoms with van der Waals surface area (Å²) >= 11 is 13.3. The number of carbonyl (C=O) groups is 3. The minimum absolute atomic E-state index is 0.118. The van der Waals surface area contributed by atoms with Crippen molar-refractivity contribution in [3.05, 3.63) is 68.3 Å². The van der Waals surface area contributed by atoms with Crippen LogP contribution < -0.4 is 4.74 Å². The van der Waals surface area contributed by atoms with Crippen LogP contribution in [0.1, 0.15) is 18.1 Å². The maximum Gasteiger partial charge on any atom is 0.328 e. The summed E-state index contributed by atoms with van der Waals surface area (Å²) in [5, 5.41) is -0.184. The van der Waals surface area contributed by atoms with Gasteiger partial charge in [0.25, 0.3) is 11.1 Å². The van der Waals surface area contributed by atoms with Crippen LogP contribution in [0.3, 0.4) is 0 Å². The Morgan fingerprint density at radius 3 is 2.39 bits per heavy atom. The van der Waals surface area contributed by atoms with Crippen LogP contribution >= 0.6 is 35.0 Å². The lowest BCUT2D eigenvalue weighted by molar-refractivity contribution is -0.148. The first-order chi connectivity index (χ1) is 14.7. The van der Waals surface area contributed by atoms with Gasteiger partial charge >= 0.3 is 5.97 Å². The van der Waals surface area contributed by atoms with E-state index in [0.717, 1.165) is 10.5 Å². The van der Waals surface area contributed by atoms with Gasteiger partial charge in [-0.15, -0.1) is 0 Å². The van der Waals surface area contributed by atoms with Gasteiger partial charge in [0.15, 0.2) is 5.75 Å². The highest BCUT2D eigenvalue weighted by Crippen LogP contribution is 2.38. The minimum Gasteiger partial charge on any atom is -0.486 e. The first-order valence-electron chi connectivity index (χ1n) is 8.92. The Bertz CT molecular complexity index is 1050. The molecule has 2 amide bonds. The van der Waals surface area contributed by atoms with Crippen LogP contribution in [-0.2, 0) is 20.9 Å². The Morgan fingerprint density at radius 2 is 1.81 bits per heavy atom. The Hall–Kier alpha value is -2.55. The first-order valence-corrected chi connectivity index (χ1v) is 10.5. The topological polar surface area (TPSA) is 72.9 Å². The third-order valence-corrected chi connectivity index (χ3v) is 5.81. The molecule has 31 heavy (non-hydrogen) atoms. The number of hydrogen-bond donors (Lipinski definition) is 0. The van der Waals surface area contributed by atoms with Crippen LogP contribution in [0, 0.1) is 5.82 Å². The van der Waals surface area contributed by atoms with Crippen molar-refractivity contribution in [3.63, 3.8) is 0 Å². The van der Waals surface area contributed by atoms with Crippen LogP contribution in [0.2, 0.25) is 10.0 Å². The lowest BCUT2D eigenvalue weighted by Gasteiger charge is -2.18. The van der Waals surface area contributed by atoms with Gasteiger partial charge in [-0.3, -0.25) is 14.5 Å². The van der Waals surface area contributed by atoms with Crippen LogP contribution in [0.25, 0.3) is 6.08 Å². The minimum atomic E-state index is -1.04. The predicted octanol–water partition coefficient (Wildman–Crippen LogP) is 5.31. The molecule has 6 nitrogen and oxygen atoms in total. The fourth-order valence-electron chi connectivity index (χ4n) is 2.78. The zero-order chi connectivity index (χ0) is 22.7. The highest BCUT2D eigenvalue weighted by molar-refractivity contribution is 8.18. The number of imide groups is 1. The van der Waals surface area contributed by atoms with Gasteiger partial charge < -0.3 is 9.47 Å². The summed E-state index contributed by atoms with van der Waals surface area (Å²) in [5.74, 6) is -1.43. The second kappa shape index (κ2) is 9.72. The number of nitrogens with zero attached hydrogens (tertiary/aromatic N) is 1. The fraction of sp³-hybridized carbons (Fsp3) is 0.190. The normalized spacial score (nSPS) is 16.0.